The molecule has 1 aromatic rings. The number of amides is 1. The molecule has 1 atom stereocenters. The van der Waals surface area contributed by atoms with E-state index in [1.54, 1.807) is 0 Å². The number of hydrogen-bond donors (Lipinski definition) is 2. The van der Waals surface area contributed by atoms with Crippen LogP contribution in [0.2, 0.25) is 0 Å². The van der Waals surface area contributed by atoms with Crippen LogP contribution in [0.3, 0.4) is 0 Å². The van der Waals surface area contributed by atoms with Crippen molar-refractivity contribution in [3.05, 3.63) is 35.4 Å². The van der Waals surface area contributed by atoms with E-state index in [0.717, 1.165) is 36.7 Å². The molecular formula is C16H24N2OS. The molecule has 110 valence electrons. The van der Waals surface area contributed by atoms with Gasteiger partial charge in [0.05, 0.1) is 0 Å². The highest BCUT2D eigenvalue weighted by Crippen LogP contribution is 2.13. The normalized spacial score (nSPS) is 18.8. The van der Waals surface area contributed by atoms with Crippen LogP contribution in [0.4, 0.5) is 0 Å². The van der Waals surface area contributed by atoms with Crippen LogP contribution >= 0.6 is 11.8 Å². The second-order valence-corrected chi connectivity index (χ2v) is 6.53. The van der Waals surface area contributed by atoms with Gasteiger partial charge in [-0.1, -0.05) is 19.1 Å². The maximum absolute atomic E-state index is 12.1. The van der Waals surface area contributed by atoms with E-state index in [-0.39, 0.29) is 5.91 Å². The molecule has 20 heavy (non-hydrogen) atoms. The number of rotatable bonds is 6. The van der Waals surface area contributed by atoms with Gasteiger partial charge in [0.15, 0.2) is 0 Å². The average Bonchev–Trinajstić information content (AvgIpc) is 2.52. The van der Waals surface area contributed by atoms with Crippen LogP contribution in [-0.2, 0) is 5.75 Å². The second kappa shape index (κ2) is 8.32. The molecule has 1 aliphatic heterocycles. The summed E-state index contributed by atoms with van der Waals surface area (Å²) in [4.78, 5) is 12.1. The van der Waals surface area contributed by atoms with Crippen LogP contribution in [0.1, 0.15) is 35.7 Å². The number of benzene rings is 1. The third kappa shape index (κ3) is 4.84. The van der Waals surface area contributed by atoms with Gasteiger partial charge in [0.2, 0.25) is 0 Å². The highest BCUT2D eigenvalue weighted by atomic mass is 32.2. The van der Waals surface area contributed by atoms with E-state index in [1.165, 1.54) is 18.4 Å². The van der Waals surface area contributed by atoms with Gasteiger partial charge in [0, 0.05) is 17.9 Å². The zero-order valence-electron chi connectivity index (χ0n) is 12.2. The fourth-order valence-electron chi connectivity index (χ4n) is 2.41. The molecule has 1 aliphatic rings. The fourth-order valence-corrected chi connectivity index (χ4v) is 3.04. The summed E-state index contributed by atoms with van der Waals surface area (Å²) in [5, 5.41) is 6.42. The number of carbonyl (C=O) groups is 1. The third-order valence-corrected chi connectivity index (χ3v) is 4.58. The molecule has 1 heterocycles. The molecule has 2 N–H and O–H groups in total. The molecule has 2 rings (SSSR count). The Morgan fingerprint density at radius 1 is 1.40 bits per heavy atom. The summed E-state index contributed by atoms with van der Waals surface area (Å²) < 4.78 is 0. The van der Waals surface area contributed by atoms with Crippen molar-refractivity contribution < 1.29 is 4.79 Å². The lowest BCUT2D eigenvalue weighted by Crippen LogP contribution is -2.38. The Kier molecular flexibility index (Phi) is 6.40. The Bertz CT molecular complexity index is 413. The molecule has 0 bridgehead atoms. The van der Waals surface area contributed by atoms with Gasteiger partial charge in [-0.25, -0.2) is 0 Å². The van der Waals surface area contributed by atoms with E-state index >= 15 is 0 Å². The lowest BCUT2D eigenvalue weighted by atomic mass is 9.99. The van der Waals surface area contributed by atoms with Crippen LogP contribution in [0, 0.1) is 5.92 Å². The summed E-state index contributed by atoms with van der Waals surface area (Å²) in [6.07, 6.45) is 2.42. The molecule has 3 nitrogen and oxygen atoms in total. The number of hydrogen-bond acceptors (Lipinski definition) is 3. The predicted octanol–water partition coefficient (Wildman–Crippen LogP) is 2.67. The van der Waals surface area contributed by atoms with Crippen LogP contribution < -0.4 is 10.6 Å². The molecule has 1 amide bonds. The van der Waals surface area contributed by atoms with E-state index in [9.17, 15) is 4.79 Å². The Balaban J connectivity index is 1.79. The topological polar surface area (TPSA) is 41.1 Å². The van der Waals surface area contributed by atoms with E-state index in [1.807, 2.05) is 23.9 Å². The number of carbonyl (C=O) groups excluding carboxylic acids is 1. The minimum Gasteiger partial charge on any atom is -0.352 e. The Morgan fingerprint density at radius 2 is 2.20 bits per heavy atom. The average molecular weight is 292 g/mol. The van der Waals surface area contributed by atoms with Crippen molar-refractivity contribution in [3.63, 3.8) is 0 Å². The smallest absolute Gasteiger partial charge is 0.251 e. The Labute approximate surface area is 125 Å². The first-order chi connectivity index (χ1) is 9.79. The van der Waals surface area contributed by atoms with Crippen molar-refractivity contribution in [1.82, 2.24) is 10.6 Å². The van der Waals surface area contributed by atoms with Gasteiger partial charge < -0.3 is 10.6 Å². The first kappa shape index (κ1) is 15.4. The number of thioether (sulfide) groups is 1. The molecule has 0 aromatic heterocycles. The summed E-state index contributed by atoms with van der Waals surface area (Å²) in [6.45, 7) is 5.07. The summed E-state index contributed by atoms with van der Waals surface area (Å²) in [6, 6.07) is 7.97. The van der Waals surface area contributed by atoms with Gasteiger partial charge in [-0.3, -0.25) is 4.79 Å². The molecule has 1 aromatic carbocycles. The van der Waals surface area contributed by atoms with Crippen LogP contribution in [0.15, 0.2) is 24.3 Å². The summed E-state index contributed by atoms with van der Waals surface area (Å²) in [5.74, 6) is 2.77. The van der Waals surface area contributed by atoms with Crippen LogP contribution in [0.5, 0.6) is 0 Å². The SMILES string of the molecule is CCSCc1ccc(C(=O)NCC2CCCNC2)cc1. The first-order valence-corrected chi connectivity index (χ1v) is 8.60. The zero-order valence-corrected chi connectivity index (χ0v) is 13.0. The molecule has 0 radical (unpaired) electrons. The van der Waals surface area contributed by atoms with Crippen LogP contribution in [-0.4, -0.2) is 31.3 Å². The third-order valence-electron chi connectivity index (χ3n) is 3.64. The summed E-state index contributed by atoms with van der Waals surface area (Å²) in [5.41, 5.74) is 2.05. The van der Waals surface area contributed by atoms with Crippen molar-refractivity contribution in [2.45, 2.75) is 25.5 Å². The molecule has 1 unspecified atom stereocenters. The fraction of sp³-hybridized carbons (Fsp3) is 0.562. The van der Waals surface area contributed by atoms with Gasteiger partial charge in [-0.15, -0.1) is 0 Å². The van der Waals surface area contributed by atoms with Crippen molar-refractivity contribution in [3.8, 4) is 0 Å². The maximum Gasteiger partial charge on any atom is 0.251 e. The minimum atomic E-state index is 0.0465. The minimum absolute atomic E-state index is 0.0465. The largest absolute Gasteiger partial charge is 0.352 e. The maximum atomic E-state index is 12.1. The number of piperidine rings is 1. The highest BCUT2D eigenvalue weighted by molar-refractivity contribution is 7.98. The lowest BCUT2D eigenvalue weighted by Gasteiger charge is -2.22. The van der Waals surface area contributed by atoms with Crippen molar-refractivity contribution in [2.24, 2.45) is 5.92 Å². The quantitative estimate of drug-likeness (QED) is 0.847. The summed E-state index contributed by atoms with van der Waals surface area (Å²) in [7, 11) is 0. The zero-order chi connectivity index (χ0) is 14.2. The van der Waals surface area contributed by atoms with Gasteiger partial charge in [0.25, 0.3) is 5.91 Å². The lowest BCUT2D eigenvalue weighted by molar-refractivity contribution is 0.0945. The molecule has 0 saturated carbocycles. The van der Waals surface area contributed by atoms with Crippen molar-refractivity contribution in [1.29, 1.82) is 0 Å². The van der Waals surface area contributed by atoms with Gasteiger partial charge >= 0.3 is 0 Å². The van der Waals surface area contributed by atoms with E-state index in [2.05, 4.69) is 29.7 Å². The van der Waals surface area contributed by atoms with Gasteiger partial charge in [0.1, 0.15) is 0 Å². The Hall–Kier alpha value is -1.00. The predicted molar refractivity (Wildman–Crippen MR) is 86.2 cm³/mol. The standard InChI is InChI=1S/C16H24N2OS/c1-2-20-12-13-5-7-15(8-6-13)16(19)18-11-14-4-3-9-17-10-14/h5-8,14,17H,2-4,9-12H2,1H3,(H,18,19). The highest BCUT2D eigenvalue weighted by Gasteiger charge is 2.14. The monoisotopic (exact) mass is 292 g/mol. The molecule has 4 heteroatoms. The molecular weight excluding hydrogens is 268 g/mol. The van der Waals surface area contributed by atoms with E-state index in [4.69, 9.17) is 0 Å². The first-order valence-electron chi connectivity index (χ1n) is 7.45. The van der Waals surface area contributed by atoms with E-state index < -0.39 is 0 Å². The molecule has 1 saturated heterocycles. The van der Waals surface area contributed by atoms with Gasteiger partial charge in [-0.05, 0) is 55.3 Å². The molecule has 0 spiro atoms. The van der Waals surface area contributed by atoms with E-state index in [0.29, 0.717) is 5.92 Å². The molecule has 1 fully saturated rings. The van der Waals surface area contributed by atoms with Gasteiger partial charge in [-0.2, -0.15) is 11.8 Å². The Morgan fingerprint density at radius 3 is 2.85 bits per heavy atom. The van der Waals surface area contributed by atoms with Crippen LogP contribution in [0.25, 0.3) is 0 Å². The summed E-state index contributed by atoms with van der Waals surface area (Å²) >= 11 is 1.90. The van der Waals surface area contributed by atoms with Crippen molar-refractivity contribution in [2.75, 3.05) is 25.4 Å². The molecule has 0 aliphatic carbocycles. The van der Waals surface area contributed by atoms with Crippen molar-refractivity contribution >= 4 is 17.7 Å². The second-order valence-electron chi connectivity index (χ2n) is 5.26. The number of nitrogens with one attached hydrogen (secondary N) is 2.